The Labute approximate surface area is 147 Å². The summed E-state index contributed by atoms with van der Waals surface area (Å²) in [5.74, 6) is 0.126. The second-order valence-electron chi connectivity index (χ2n) is 6.52. The number of aliphatic carboxylic acids is 1. The zero-order chi connectivity index (χ0) is 18.4. The number of carboxylic acid groups (broad SMARTS) is 1. The number of methoxy groups -OCH3 is 1. The molecule has 0 spiro atoms. The molecule has 1 aliphatic carbocycles. The van der Waals surface area contributed by atoms with Crippen LogP contribution in [0.1, 0.15) is 39.5 Å². The lowest BCUT2D eigenvalue weighted by Crippen LogP contribution is -2.40. The smallest absolute Gasteiger partial charge is 0.319 e. The van der Waals surface area contributed by atoms with Crippen LogP contribution >= 0.6 is 0 Å². The highest BCUT2D eigenvalue weighted by atomic mass is 16.5. The summed E-state index contributed by atoms with van der Waals surface area (Å²) in [6.45, 7) is 3.83. The summed E-state index contributed by atoms with van der Waals surface area (Å²) in [6.07, 6.45) is 2.52. The van der Waals surface area contributed by atoms with Gasteiger partial charge in [0.1, 0.15) is 0 Å². The van der Waals surface area contributed by atoms with Crippen LogP contribution in [0.5, 0.6) is 11.5 Å². The SMILES string of the molecule is COc1ccc(NC(=O)NC2CCC(C(=O)O)CC2)cc1OC(C)C. The summed E-state index contributed by atoms with van der Waals surface area (Å²) in [5, 5.41) is 14.7. The van der Waals surface area contributed by atoms with Gasteiger partial charge in [-0.3, -0.25) is 4.79 Å². The van der Waals surface area contributed by atoms with Gasteiger partial charge in [0.2, 0.25) is 0 Å². The number of carbonyl (C=O) groups excluding carboxylic acids is 1. The summed E-state index contributed by atoms with van der Waals surface area (Å²) in [4.78, 5) is 23.1. The van der Waals surface area contributed by atoms with Gasteiger partial charge in [-0.05, 0) is 51.7 Å². The van der Waals surface area contributed by atoms with Gasteiger partial charge in [-0.1, -0.05) is 0 Å². The topological polar surface area (TPSA) is 96.9 Å². The fourth-order valence-electron chi connectivity index (χ4n) is 2.94. The first-order valence-corrected chi connectivity index (χ1v) is 8.54. The minimum absolute atomic E-state index is 0.000216. The average Bonchev–Trinajstić information content (AvgIpc) is 2.55. The summed E-state index contributed by atoms with van der Waals surface area (Å²) < 4.78 is 10.9. The van der Waals surface area contributed by atoms with E-state index in [1.165, 1.54) is 0 Å². The fourth-order valence-corrected chi connectivity index (χ4v) is 2.94. The van der Waals surface area contributed by atoms with Crippen LogP contribution in [0.15, 0.2) is 18.2 Å². The lowest BCUT2D eigenvalue weighted by Gasteiger charge is -2.26. The van der Waals surface area contributed by atoms with Crippen LogP contribution in [0.4, 0.5) is 10.5 Å². The van der Waals surface area contributed by atoms with E-state index >= 15 is 0 Å². The molecule has 1 saturated carbocycles. The predicted molar refractivity (Wildman–Crippen MR) is 94.3 cm³/mol. The van der Waals surface area contributed by atoms with E-state index < -0.39 is 5.97 Å². The maximum Gasteiger partial charge on any atom is 0.319 e. The third kappa shape index (κ3) is 5.55. The minimum atomic E-state index is -0.751. The zero-order valence-corrected chi connectivity index (χ0v) is 14.9. The van der Waals surface area contributed by atoms with E-state index in [4.69, 9.17) is 14.6 Å². The number of anilines is 1. The third-order valence-electron chi connectivity index (χ3n) is 4.20. The van der Waals surface area contributed by atoms with E-state index in [2.05, 4.69) is 10.6 Å². The van der Waals surface area contributed by atoms with Crippen molar-refractivity contribution >= 4 is 17.7 Å². The van der Waals surface area contributed by atoms with Crippen molar-refractivity contribution in [2.75, 3.05) is 12.4 Å². The molecule has 0 saturated heterocycles. The normalized spacial score (nSPS) is 20.0. The Kier molecular flexibility index (Phi) is 6.50. The molecule has 2 rings (SSSR count). The van der Waals surface area contributed by atoms with Gasteiger partial charge in [-0.15, -0.1) is 0 Å². The second kappa shape index (κ2) is 8.60. The van der Waals surface area contributed by atoms with Gasteiger partial charge < -0.3 is 25.2 Å². The van der Waals surface area contributed by atoms with Crippen molar-refractivity contribution in [3.63, 3.8) is 0 Å². The molecule has 0 radical (unpaired) electrons. The first-order chi connectivity index (χ1) is 11.9. The van der Waals surface area contributed by atoms with Crippen molar-refractivity contribution in [2.45, 2.75) is 51.7 Å². The molecule has 0 bridgehead atoms. The van der Waals surface area contributed by atoms with Gasteiger partial charge >= 0.3 is 12.0 Å². The quantitative estimate of drug-likeness (QED) is 0.732. The summed E-state index contributed by atoms with van der Waals surface area (Å²) in [5.41, 5.74) is 0.605. The number of urea groups is 1. The van der Waals surface area contributed by atoms with Crippen LogP contribution in [0.3, 0.4) is 0 Å². The number of carboxylic acids is 1. The maximum atomic E-state index is 12.2. The Morgan fingerprint density at radius 2 is 1.84 bits per heavy atom. The van der Waals surface area contributed by atoms with Crippen LogP contribution in [0.2, 0.25) is 0 Å². The molecule has 0 heterocycles. The fraction of sp³-hybridized carbons (Fsp3) is 0.556. The van der Waals surface area contributed by atoms with Crippen LogP contribution in [-0.2, 0) is 4.79 Å². The average molecular weight is 350 g/mol. The van der Waals surface area contributed by atoms with Gasteiger partial charge in [0, 0.05) is 17.8 Å². The van der Waals surface area contributed by atoms with E-state index in [1.54, 1.807) is 25.3 Å². The second-order valence-corrected chi connectivity index (χ2v) is 6.52. The van der Waals surface area contributed by atoms with E-state index in [-0.39, 0.29) is 24.1 Å². The van der Waals surface area contributed by atoms with Crippen LogP contribution in [0.25, 0.3) is 0 Å². The Balaban J connectivity index is 1.91. The third-order valence-corrected chi connectivity index (χ3v) is 4.20. The Bertz CT molecular complexity index is 609. The van der Waals surface area contributed by atoms with Gasteiger partial charge in [0.25, 0.3) is 0 Å². The van der Waals surface area contributed by atoms with Crippen LogP contribution in [-0.4, -0.2) is 36.4 Å². The first kappa shape index (κ1) is 18.9. The van der Waals surface area contributed by atoms with Crippen molar-refractivity contribution < 1.29 is 24.2 Å². The van der Waals surface area contributed by atoms with E-state index in [0.717, 1.165) is 0 Å². The van der Waals surface area contributed by atoms with Gasteiger partial charge in [-0.2, -0.15) is 0 Å². The molecule has 1 fully saturated rings. The van der Waals surface area contributed by atoms with E-state index in [1.807, 2.05) is 13.8 Å². The summed E-state index contributed by atoms with van der Waals surface area (Å²) in [6, 6.07) is 4.90. The number of amides is 2. The molecular formula is C18H26N2O5. The Morgan fingerprint density at radius 1 is 1.16 bits per heavy atom. The largest absolute Gasteiger partial charge is 0.493 e. The molecule has 7 nitrogen and oxygen atoms in total. The van der Waals surface area contributed by atoms with Crippen molar-refractivity contribution in [3.05, 3.63) is 18.2 Å². The number of carbonyl (C=O) groups is 2. The highest BCUT2D eigenvalue weighted by molar-refractivity contribution is 5.89. The number of nitrogens with one attached hydrogen (secondary N) is 2. The molecule has 0 atom stereocenters. The number of benzene rings is 1. The highest BCUT2D eigenvalue weighted by Crippen LogP contribution is 2.31. The number of hydrogen-bond donors (Lipinski definition) is 3. The number of hydrogen-bond acceptors (Lipinski definition) is 4. The zero-order valence-electron chi connectivity index (χ0n) is 14.9. The molecule has 1 aliphatic rings. The van der Waals surface area contributed by atoms with Crippen molar-refractivity contribution in [3.8, 4) is 11.5 Å². The lowest BCUT2D eigenvalue weighted by atomic mass is 9.86. The Morgan fingerprint density at radius 3 is 2.40 bits per heavy atom. The molecule has 1 aromatic carbocycles. The van der Waals surface area contributed by atoms with Crippen molar-refractivity contribution in [2.24, 2.45) is 5.92 Å². The van der Waals surface area contributed by atoms with Gasteiger partial charge in [-0.25, -0.2) is 4.79 Å². The van der Waals surface area contributed by atoms with Gasteiger partial charge in [0.15, 0.2) is 11.5 Å². The van der Waals surface area contributed by atoms with Gasteiger partial charge in [0.05, 0.1) is 19.1 Å². The van der Waals surface area contributed by atoms with Crippen LogP contribution < -0.4 is 20.1 Å². The predicted octanol–water partition coefficient (Wildman–Crippen LogP) is 3.25. The molecule has 25 heavy (non-hydrogen) atoms. The monoisotopic (exact) mass is 350 g/mol. The molecule has 3 N–H and O–H groups in total. The first-order valence-electron chi connectivity index (χ1n) is 8.54. The highest BCUT2D eigenvalue weighted by Gasteiger charge is 2.26. The lowest BCUT2D eigenvalue weighted by molar-refractivity contribution is -0.142. The molecule has 0 aromatic heterocycles. The molecule has 0 unspecified atom stereocenters. The molecule has 1 aromatic rings. The molecule has 138 valence electrons. The maximum absolute atomic E-state index is 12.2. The van der Waals surface area contributed by atoms with Crippen molar-refractivity contribution in [1.29, 1.82) is 0 Å². The molecule has 0 aliphatic heterocycles. The number of rotatable bonds is 6. The Hall–Kier alpha value is -2.44. The summed E-state index contributed by atoms with van der Waals surface area (Å²) >= 11 is 0. The number of ether oxygens (including phenoxy) is 2. The van der Waals surface area contributed by atoms with Crippen LogP contribution in [0, 0.1) is 5.92 Å². The van der Waals surface area contributed by atoms with E-state index in [0.29, 0.717) is 42.9 Å². The molecule has 7 heteroatoms. The minimum Gasteiger partial charge on any atom is -0.493 e. The van der Waals surface area contributed by atoms with E-state index in [9.17, 15) is 9.59 Å². The molecular weight excluding hydrogens is 324 g/mol. The standard InChI is InChI=1S/C18H26N2O5/c1-11(2)25-16-10-14(8-9-15(16)24-3)20-18(23)19-13-6-4-12(5-7-13)17(21)22/h8-13H,4-7H2,1-3H3,(H,21,22)(H2,19,20,23). The van der Waals surface area contributed by atoms with Crippen molar-refractivity contribution in [1.82, 2.24) is 5.32 Å². The molecule has 2 amide bonds. The summed E-state index contributed by atoms with van der Waals surface area (Å²) in [7, 11) is 1.57.